The number of Topliss-reactive ketones (excluding diaryl/α,β-unsaturated/α-hetero) is 1. The number of halogens is 2. The molecule has 0 rings (SSSR count). The second kappa shape index (κ2) is 6.78. The van der Waals surface area contributed by atoms with E-state index in [1.807, 2.05) is 22.6 Å². The third-order valence-corrected chi connectivity index (χ3v) is 2.22. The van der Waals surface area contributed by atoms with E-state index >= 15 is 0 Å². The second-order valence-electron chi connectivity index (χ2n) is 1.80. The minimum Gasteiger partial charge on any atom is -0.370 e. The molecule has 0 aromatic rings. The Morgan fingerprint density at radius 1 is 1.60 bits per heavy atom. The van der Waals surface area contributed by atoms with Crippen LogP contribution >= 0.6 is 45.2 Å². The van der Waals surface area contributed by atoms with Gasteiger partial charge in [-0.15, -0.1) is 0 Å². The maximum atomic E-state index is 10.9. The van der Waals surface area contributed by atoms with Gasteiger partial charge in [0.25, 0.3) is 0 Å². The predicted octanol–water partition coefficient (Wildman–Crippen LogP) is 1.83. The Morgan fingerprint density at radius 3 is 2.60 bits per heavy atom. The number of hydrogen-bond acceptors (Lipinski definition) is 2. The van der Waals surface area contributed by atoms with Crippen LogP contribution in [-0.2, 0) is 9.53 Å². The van der Waals surface area contributed by atoms with Gasteiger partial charge in [-0.25, -0.2) is 0 Å². The van der Waals surface area contributed by atoms with Gasteiger partial charge in [0.15, 0.2) is 5.78 Å². The van der Waals surface area contributed by atoms with Crippen molar-refractivity contribution in [2.45, 2.75) is 13.0 Å². The largest absolute Gasteiger partial charge is 0.370 e. The van der Waals surface area contributed by atoms with E-state index in [1.165, 1.54) is 0 Å². The maximum Gasteiger partial charge on any atom is 0.170 e. The van der Waals surface area contributed by atoms with Crippen molar-refractivity contribution in [1.29, 1.82) is 0 Å². The lowest BCUT2D eigenvalue weighted by Crippen LogP contribution is -2.22. The molecule has 4 heteroatoms. The summed E-state index contributed by atoms with van der Waals surface area (Å²) in [5, 5.41) is 0. The Bertz CT molecular complexity index is 106. The summed E-state index contributed by atoms with van der Waals surface area (Å²) in [6.07, 6.45) is -0.216. The average molecular weight is 368 g/mol. The molecule has 1 atom stereocenters. The fraction of sp³-hybridized carbons (Fsp3) is 0.833. The van der Waals surface area contributed by atoms with Crippen molar-refractivity contribution in [2.24, 2.45) is 0 Å². The fourth-order valence-corrected chi connectivity index (χ4v) is 1.30. The molecule has 0 heterocycles. The van der Waals surface area contributed by atoms with Crippen LogP contribution < -0.4 is 0 Å². The molecule has 0 aliphatic rings. The molecule has 1 unspecified atom stereocenters. The fourth-order valence-electron chi connectivity index (χ4n) is 0.423. The van der Waals surface area contributed by atoms with Crippen LogP contribution in [0.5, 0.6) is 0 Å². The van der Waals surface area contributed by atoms with Gasteiger partial charge in [0.1, 0.15) is 6.10 Å². The zero-order valence-electron chi connectivity index (χ0n) is 5.77. The Kier molecular flexibility index (Phi) is 7.52. The van der Waals surface area contributed by atoms with Gasteiger partial charge in [-0.3, -0.25) is 4.79 Å². The lowest BCUT2D eigenvalue weighted by molar-refractivity contribution is -0.126. The van der Waals surface area contributed by atoms with E-state index in [1.54, 1.807) is 6.92 Å². The molecule has 0 saturated carbocycles. The summed E-state index contributed by atoms with van der Waals surface area (Å²) in [6, 6.07) is 0. The molecule has 0 spiro atoms. The number of hydrogen-bond donors (Lipinski definition) is 0. The molecule has 0 aliphatic carbocycles. The molecule has 0 saturated heterocycles. The Labute approximate surface area is 88.4 Å². The molecule has 0 aromatic heterocycles. The van der Waals surface area contributed by atoms with E-state index in [2.05, 4.69) is 22.6 Å². The SMILES string of the molecule is CC(OCCI)C(=O)CI. The highest BCUT2D eigenvalue weighted by Gasteiger charge is 2.09. The summed E-state index contributed by atoms with van der Waals surface area (Å²) in [6.45, 7) is 2.47. The first kappa shape index (κ1) is 11.1. The van der Waals surface area contributed by atoms with Crippen molar-refractivity contribution in [3.8, 4) is 0 Å². The van der Waals surface area contributed by atoms with Gasteiger partial charge in [0, 0.05) is 4.43 Å². The van der Waals surface area contributed by atoms with Crippen LogP contribution in [0.3, 0.4) is 0 Å². The quantitative estimate of drug-likeness (QED) is 0.547. The summed E-state index contributed by atoms with van der Waals surface area (Å²) < 4.78 is 6.66. The molecule has 0 N–H and O–H groups in total. The first-order valence-corrected chi connectivity index (χ1v) is 6.03. The number of carbonyl (C=O) groups is 1. The molecule has 0 radical (unpaired) electrons. The van der Waals surface area contributed by atoms with E-state index in [9.17, 15) is 4.79 Å². The van der Waals surface area contributed by atoms with Gasteiger partial charge < -0.3 is 4.74 Å². The van der Waals surface area contributed by atoms with Gasteiger partial charge in [-0.2, -0.15) is 0 Å². The summed E-state index contributed by atoms with van der Waals surface area (Å²) in [4.78, 5) is 10.9. The summed E-state index contributed by atoms with van der Waals surface area (Å²) in [5.74, 6) is 0.172. The molecule has 60 valence electrons. The molecule has 0 aliphatic heterocycles. The lowest BCUT2D eigenvalue weighted by atomic mass is 10.3. The van der Waals surface area contributed by atoms with Crippen LogP contribution in [0.4, 0.5) is 0 Å². The smallest absolute Gasteiger partial charge is 0.170 e. The van der Waals surface area contributed by atoms with Crippen LogP contribution in [0.25, 0.3) is 0 Å². The summed E-state index contributed by atoms with van der Waals surface area (Å²) in [5.41, 5.74) is 0. The normalized spacial score (nSPS) is 13.1. The third-order valence-electron chi connectivity index (χ3n) is 1.03. The predicted molar refractivity (Wildman–Crippen MR) is 58.2 cm³/mol. The van der Waals surface area contributed by atoms with E-state index in [4.69, 9.17) is 4.74 Å². The number of carbonyl (C=O) groups excluding carboxylic acids is 1. The highest BCUT2D eigenvalue weighted by molar-refractivity contribution is 14.1. The standard InChI is InChI=1S/C6H10I2O2/c1-5(6(9)4-8)10-3-2-7/h5H,2-4H2,1H3. The maximum absolute atomic E-state index is 10.9. The van der Waals surface area contributed by atoms with Gasteiger partial charge in [-0.1, -0.05) is 45.2 Å². The molecular formula is C6H10I2O2. The average Bonchev–Trinajstić information content (AvgIpc) is 1.98. The number of rotatable bonds is 5. The second-order valence-corrected chi connectivity index (χ2v) is 3.64. The van der Waals surface area contributed by atoms with E-state index < -0.39 is 0 Å². The highest BCUT2D eigenvalue weighted by atomic mass is 127. The van der Waals surface area contributed by atoms with Gasteiger partial charge in [-0.05, 0) is 6.92 Å². The number of ketones is 1. The minimum absolute atomic E-state index is 0.172. The van der Waals surface area contributed by atoms with Crippen LogP contribution in [0, 0.1) is 0 Å². The lowest BCUT2D eigenvalue weighted by Gasteiger charge is -2.07. The minimum atomic E-state index is -0.216. The number of alkyl halides is 2. The summed E-state index contributed by atoms with van der Waals surface area (Å²) >= 11 is 4.27. The first-order chi connectivity index (χ1) is 4.72. The van der Waals surface area contributed by atoms with Crippen LogP contribution in [0.15, 0.2) is 0 Å². The van der Waals surface area contributed by atoms with E-state index in [0.717, 1.165) is 4.43 Å². The summed E-state index contributed by atoms with van der Waals surface area (Å²) in [7, 11) is 0. The molecule has 2 nitrogen and oxygen atoms in total. The van der Waals surface area contributed by atoms with E-state index in [-0.39, 0.29) is 11.9 Å². The van der Waals surface area contributed by atoms with Crippen LogP contribution in [0.2, 0.25) is 0 Å². The van der Waals surface area contributed by atoms with Crippen molar-refractivity contribution in [1.82, 2.24) is 0 Å². The van der Waals surface area contributed by atoms with Gasteiger partial charge in [0.2, 0.25) is 0 Å². The van der Waals surface area contributed by atoms with Crippen molar-refractivity contribution in [3.63, 3.8) is 0 Å². The van der Waals surface area contributed by atoms with Crippen molar-refractivity contribution < 1.29 is 9.53 Å². The molecule has 0 amide bonds. The first-order valence-electron chi connectivity index (χ1n) is 2.98. The Morgan fingerprint density at radius 2 is 2.20 bits per heavy atom. The van der Waals surface area contributed by atoms with Crippen LogP contribution in [-0.4, -0.2) is 27.3 Å². The zero-order valence-corrected chi connectivity index (χ0v) is 10.1. The zero-order chi connectivity index (χ0) is 7.98. The molecule has 0 aromatic carbocycles. The van der Waals surface area contributed by atoms with Crippen molar-refractivity contribution in [3.05, 3.63) is 0 Å². The highest BCUT2D eigenvalue weighted by Crippen LogP contribution is 1.97. The molecule has 0 bridgehead atoms. The molecule has 0 fully saturated rings. The Hall–Kier alpha value is 1.09. The molecular weight excluding hydrogens is 358 g/mol. The monoisotopic (exact) mass is 368 g/mol. The van der Waals surface area contributed by atoms with Gasteiger partial charge >= 0.3 is 0 Å². The van der Waals surface area contributed by atoms with Crippen molar-refractivity contribution in [2.75, 3.05) is 15.5 Å². The van der Waals surface area contributed by atoms with Crippen LogP contribution in [0.1, 0.15) is 6.92 Å². The van der Waals surface area contributed by atoms with Crippen molar-refractivity contribution >= 4 is 51.0 Å². The topological polar surface area (TPSA) is 26.3 Å². The Balaban J connectivity index is 3.41. The van der Waals surface area contributed by atoms with Gasteiger partial charge in [0.05, 0.1) is 11.0 Å². The van der Waals surface area contributed by atoms with E-state index in [0.29, 0.717) is 11.0 Å². The third kappa shape index (κ3) is 4.84. The molecule has 10 heavy (non-hydrogen) atoms. The number of ether oxygens (including phenoxy) is 1.